The molecule has 1 aromatic carbocycles. The van der Waals surface area contributed by atoms with Gasteiger partial charge < -0.3 is 20.3 Å². The number of carbonyl (C=O) groups is 4. The van der Waals surface area contributed by atoms with Crippen molar-refractivity contribution >= 4 is 29.4 Å². The van der Waals surface area contributed by atoms with E-state index in [1.165, 1.54) is 12.0 Å². The summed E-state index contributed by atoms with van der Waals surface area (Å²) >= 11 is 0. The number of ether oxygens (including phenoxy) is 1. The van der Waals surface area contributed by atoms with E-state index >= 15 is 0 Å². The molecule has 0 unspecified atom stereocenters. The zero-order valence-electron chi connectivity index (χ0n) is 20.3. The van der Waals surface area contributed by atoms with Crippen molar-refractivity contribution in [1.82, 2.24) is 15.1 Å². The van der Waals surface area contributed by atoms with Gasteiger partial charge in [0.2, 0.25) is 11.8 Å². The van der Waals surface area contributed by atoms with E-state index in [9.17, 15) is 19.2 Å². The Hall–Kier alpha value is -3.14. The summed E-state index contributed by atoms with van der Waals surface area (Å²) in [5.74, 6) is 0.762. The van der Waals surface area contributed by atoms with E-state index in [1.807, 2.05) is 4.90 Å². The van der Waals surface area contributed by atoms with Crippen LogP contribution in [-0.2, 0) is 9.59 Å². The molecule has 190 valence electrons. The number of anilines is 1. The second kappa shape index (κ2) is 11.1. The lowest BCUT2D eigenvalue weighted by Crippen LogP contribution is -2.49. The lowest BCUT2D eigenvalue weighted by atomic mass is 9.90. The smallest absolute Gasteiger partial charge is 0.328 e. The molecule has 3 N–H and O–H groups in total. The maximum absolute atomic E-state index is 13.3. The number of hydrogen-bond donors (Lipinski definition) is 2. The fourth-order valence-electron chi connectivity index (χ4n) is 5.28. The summed E-state index contributed by atoms with van der Waals surface area (Å²) in [5, 5.41) is 2.30. The van der Waals surface area contributed by atoms with Gasteiger partial charge >= 0.3 is 6.03 Å². The lowest BCUT2D eigenvalue weighted by Gasteiger charge is -2.37. The number of amides is 5. The van der Waals surface area contributed by atoms with E-state index in [4.69, 9.17) is 10.5 Å². The molecule has 3 heterocycles. The largest absolute Gasteiger partial charge is 0.495 e. The highest BCUT2D eigenvalue weighted by molar-refractivity contribution is 6.07. The minimum Gasteiger partial charge on any atom is -0.495 e. The van der Waals surface area contributed by atoms with Crippen LogP contribution in [0.1, 0.15) is 48.9 Å². The van der Waals surface area contributed by atoms with Crippen LogP contribution in [0.25, 0.3) is 0 Å². The van der Waals surface area contributed by atoms with Crippen LogP contribution in [0.2, 0.25) is 0 Å². The Bertz CT molecular complexity index is 967. The van der Waals surface area contributed by atoms with Gasteiger partial charge in [-0.05, 0) is 62.8 Å². The van der Waals surface area contributed by atoms with Crippen LogP contribution < -0.4 is 20.7 Å². The first-order valence-electron chi connectivity index (χ1n) is 12.5. The number of hydrogen-bond acceptors (Lipinski definition) is 6. The predicted molar refractivity (Wildman–Crippen MR) is 130 cm³/mol. The molecule has 3 fully saturated rings. The predicted octanol–water partition coefficient (Wildman–Crippen LogP) is 1.58. The molecular weight excluding hydrogens is 450 g/mol. The van der Waals surface area contributed by atoms with Crippen molar-refractivity contribution in [3.8, 4) is 5.75 Å². The zero-order valence-corrected chi connectivity index (χ0v) is 20.3. The van der Waals surface area contributed by atoms with Gasteiger partial charge in [0.05, 0.1) is 12.8 Å². The van der Waals surface area contributed by atoms with Crippen molar-refractivity contribution in [2.24, 2.45) is 17.6 Å². The summed E-state index contributed by atoms with van der Waals surface area (Å²) in [4.78, 5) is 55.3. The molecule has 1 aromatic rings. The second-order valence-electron chi connectivity index (χ2n) is 9.55. The summed E-state index contributed by atoms with van der Waals surface area (Å²) in [6.07, 6.45) is 4.53. The topological polar surface area (TPSA) is 125 Å². The highest BCUT2D eigenvalue weighted by Gasteiger charge is 2.33. The normalized spacial score (nSPS) is 20.1. The van der Waals surface area contributed by atoms with Crippen LogP contribution in [-0.4, -0.2) is 79.9 Å². The molecule has 10 heteroatoms. The second-order valence-corrected chi connectivity index (χ2v) is 9.55. The number of nitrogens with zero attached hydrogens (tertiary/aromatic N) is 3. The molecule has 0 saturated carbocycles. The summed E-state index contributed by atoms with van der Waals surface area (Å²) in [6, 6.07) is 4.45. The number of imide groups is 1. The minimum atomic E-state index is -0.532. The molecule has 0 spiro atoms. The van der Waals surface area contributed by atoms with E-state index in [0.717, 1.165) is 32.4 Å². The molecule has 3 aliphatic heterocycles. The van der Waals surface area contributed by atoms with E-state index in [0.29, 0.717) is 55.4 Å². The van der Waals surface area contributed by atoms with Gasteiger partial charge in [-0.25, -0.2) is 4.79 Å². The first-order valence-corrected chi connectivity index (χ1v) is 12.5. The highest BCUT2D eigenvalue weighted by Crippen LogP contribution is 2.32. The highest BCUT2D eigenvalue weighted by atomic mass is 16.5. The number of methoxy groups -OCH3 is 1. The van der Waals surface area contributed by atoms with Crippen LogP contribution in [0.5, 0.6) is 5.75 Å². The van der Waals surface area contributed by atoms with E-state index in [1.54, 1.807) is 23.1 Å². The Morgan fingerprint density at radius 3 is 2.34 bits per heavy atom. The number of rotatable bonds is 6. The fourth-order valence-corrected chi connectivity index (χ4v) is 5.28. The quantitative estimate of drug-likeness (QED) is 0.630. The van der Waals surface area contributed by atoms with Gasteiger partial charge in [0.1, 0.15) is 5.75 Å². The van der Waals surface area contributed by atoms with Crippen LogP contribution in [0.4, 0.5) is 10.5 Å². The average molecular weight is 486 g/mol. The van der Waals surface area contributed by atoms with Crippen molar-refractivity contribution < 1.29 is 23.9 Å². The fraction of sp³-hybridized carbons (Fsp3) is 0.600. The van der Waals surface area contributed by atoms with Crippen LogP contribution >= 0.6 is 0 Å². The Balaban J connectivity index is 1.36. The molecule has 10 nitrogen and oxygen atoms in total. The number of carbonyl (C=O) groups excluding carboxylic acids is 4. The summed E-state index contributed by atoms with van der Waals surface area (Å²) in [5.41, 5.74) is 6.56. The molecule has 0 atom stereocenters. The van der Waals surface area contributed by atoms with E-state index in [-0.39, 0.29) is 36.6 Å². The average Bonchev–Trinajstić information content (AvgIpc) is 2.88. The third-order valence-corrected chi connectivity index (χ3v) is 7.40. The number of likely N-dealkylation sites (tertiary alicyclic amines) is 2. The number of nitrogens with one attached hydrogen (secondary N) is 1. The number of benzene rings is 1. The zero-order chi connectivity index (χ0) is 24.9. The van der Waals surface area contributed by atoms with Crippen LogP contribution in [0.3, 0.4) is 0 Å². The molecule has 0 aliphatic carbocycles. The lowest BCUT2D eigenvalue weighted by molar-refractivity contribution is -0.138. The molecule has 3 saturated heterocycles. The van der Waals surface area contributed by atoms with Gasteiger partial charge in [-0.1, -0.05) is 0 Å². The molecule has 0 bridgehead atoms. The Morgan fingerprint density at radius 2 is 1.71 bits per heavy atom. The molecular formula is C25H35N5O5. The molecule has 4 rings (SSSR count). The third-order valence-electron chi connectivity index (χ3n) is 7.40. The Morgan fingerprint density at radius 1 is 1.03 bits per heavy atom. The van der Waals surface area contributed by atoms with Crippen molar-refractivity contribution in [3.05, 3.63) is 23.8 Å². The van der Waals surface area contributed by atoms with Crippen molar-refractivity contribution in [2.75, 3.05) is 51.3 Å². The first-order chi connectivity index (χ1) is 16.9. The summed E-state index contributed by atoms with van der Waals surface area (Å²) in [7, 11) is 1.50. The Kier molecular flexibility index (Phi) is 7.90. The third kappa shape index (κ3) is 5.58. The van der Waals surface area contributed by atoms with Crippen molar-refractivity contribution in [1.29, 1.82) is 0 Å². The molecule has 35 heavy (non-hydrogen) atoms. The monoisotopic (exact) mass is 485 g/mol. The number of nitrogens with two attached hydrogens (primary N) is 1. The van der Waals surface area contributed by atoms with Gasteiger partial charge in [-0.3, -0.25) is 24.6 Å². The van der Waals surface area contributed by atoms with Gasteiger partial charge in [-0.2, -0.15) is 0 Å². The minimum absolute atomic E-state index is 0.0499. The number of piperidine rings is 2. The SMILES string of the molecule is COc1ccc(C(=O)N2CCC(C(=O)N3CCC(CCN)CC3)CC2)cc1N1CCC(=O)NC1=O. The molecule has 3 aliphatic rings. The van der Waals surface area contributed by atoms with Gasteiger partial charge in [0, 0.05) is 50.6 Å². The van der Waals surface area contributed by atoms with Crippen LogP contribution in [0.15, 0.2) is 18.2 Å². The van der Waals surface area contributed by atoms with Crippen molar-refractivity contribution in [2.45, 2.75) is 38.5 Å². The van der Waals surface area contributed by atoms with E-state index in [2.05, 4.69) is 5.32 Å². The molecule has 0 radical (unpaired) electrons. The van der Waals surface area contributed by atoms with Gasteiger partial charge in [0.25, 0.3) is 5.91 Å². The first kappa shape index (κ1) is 25.0. The summed E-state index contributed by atoms with van der Waals surface area (Å²) in [6.45, 7) is 3.54. The standard InChI is InChI=1S/C25H35N5O5/c1-35-21-3-2-19(16-20(21)30-15-9-22(31)27-25(30)34)24(33)29-13-7-18(8-14-29)23(32)28-11-5-17(4-10-26)6-12-28/h2-3,16-18H,4-15,26H2,1H3,(H,27,31,34). The Labute approximate surface area is 205 Å². The van der Waals surface area contributed by atoms with E-state index < -0.39 is 6.03 Å². The van der Waals surface area contributed by atoms with Crippen LogP contribution in [0, 0.1) is 11.8 Å². The van der Waals surface area contributed by atoms with Crippen molar-refractivity contribution in [3.63, 3.8) is 0 Å². The number of urea groups is 1. The summed E-state index contributed by atoms with van der Waals surface area (Å²) < 4.78 is 5.39. The maximum Gasteiger partial charge on any atom is 0.328 e. The molecule has 5 amide bonds. The maximum atomic E-state index is 13.3. The van der Waals surface area contributed by atoms with Gasteiger partial charge in [-0.15, -0.1) is 0 Å². The van der Waals surface area contributed by atoms with Gasteiger partial charge in [0.15, 0.2) is 0 Å². The molecule has 0 aromatic heterocycles.